The van der Waals surface area contributed by atoms with E-state index in [1.165, 1.54) is 6.07 Å². The van der Waals surface area contributed by atoms with Crippen LogP contribution in [0.4, 0.5) is 0 Å². The summed E-state index contributed by atoms with van der Waals surface area (Å²) >= 11 is 5.90. The smallest absolute Gasteiger partial charge is 0.241 e. The van der Waals surface area contributed by atoms with E-state index in [0.717, 1.165) is 16.7 Å². The standard InChI is InChI=1S/C18H21ClN2O3S/c1-13-6-7-17(10-14(13)2)25(23,24)21-12-18(22)20-9-8-15-4-3-5-16(19)11-15/h3-7,10-11,21H,8-9,12H2,1-2H3,(H,20,22). The van der Waals surface area contributed by atoms with Gasteiger partial charge in [-0.05, 0) is 61.2 Å². The highest BCUT2D eigenvalue weighted by atomic mass is 35.5. The Balaban J connectivity index is 1.83. The Labute approximate surface area is 153 Å². The van der Waals surface area contributed by atoms with E-state index >= 15 is 0 Å². The van der Waals surface area contributed by atoms with Crippen molar-refractivity contribution in [2.24, 2.45) is 0 Å². The van der Waals surface area contributed by atoms with Crippen molar-refractivity contribution >= 4 is 27.5 Å². The van der Waals surface area contributed by atoms with Gasteiger partial charge in [0, 0.05) is 11.6 Å². The molecule has 2 N–H and O–H groups in total. The SMILES string of the molecule is Cc1ccc(S(=O)(=O)NCC(=O)NCCc2cccc(Cl)c2)cc1C. The zero-order chi connectivity index (χ0) is 18.4. The lowest BCUT2D eigenvalue weighted by Crippen LogP contribution is -2.37. The molecule has 25 heavy (non-hydrogen) atoms. The van der Waals surface area contributed by atoms with Crippen molar-refractivity contribution < 1.29 is 13.2 Å². The molecule has 0 bridgehead atoms. The highest BCUT2D eigenvalue weighted by molar-refractivity contribution is 7.89. The lowest BCUT2D eigenvalue weighted by Gasteiger charge is -2.09. The molecule has 0 saturated carbocycles. The van der Waals surface area contributed by atoms with Gasteiger partial charge in [-0.25, -0.2) is 13.1 Å². The van der Waals surface area contributed by atoms with Gasteiger partial charge in [0.2, 0.25) is 15.9 Å². The number of benzene rings is 2. The Hall–Kier alpha value is -1.89. The molecular weight excluding hydrogens is 360 g/mol. The molecule has 0 unspecified atom stereocenters. The maximum Gasteiger partial charge on any atom is 0.241 e. The van der Waals surface area contributed by atoms with Crippen LogP contribution >= 0.6 is 11.6 Å². The molecule has 0 spiro atoms. The van der Waals surface area contributed by atoms with Crippen LogP contribution in [0.15, 0.2) is 47.4 Å². The molecule has 0 heterocycles. The molecule has 0 saturated heterocycles. The van der Waals surface area contributed by atoms with Crippen LogP contribution in [0.25, 0.3) is 0 Å². The van der Waals surface area contributed by atoms with E-state index in [4.69, 9.17) is 11.6 Å². The van der Waals surface area contributed by atoms with E-state index in [9.17, 15) is 13.2 Å². The van der Waals surface area contributed by atoms with Gasteiger partial charge in [-0.3, -0.25) is 4.79 Å². The van der Waals surface area contributed by atoms with Crippen molar-refractivity contribution in [3.05, 3.63) is 64.2 Å². The lowest BCUT2D eigenvalue weighted by molar-refractivity contribution is -0.119. The molecule has 0 aliphatic rings. The number of hydrogen-bond acceptors (Lipinski definition) is 3. The molecule has 0 radical (unpaired) electrons. The summed E-state index contributed by atoms with van der Waals surface area (Å²) < 4.78 is 26.8. The first-order valence-electron chi connectivity index (χ1n) is 7.86. The molecule has 0 aromatic heterocycles. The largest absolute Gasteiger partial charge is 0.355 e. The van der Waals surface area contributed by atoms with E-state index in [2.05, 4.69) is 10.0 Å². The van der Waals surface area contributed by atoms with Gasteiger partial charge in [-0.15, -0.1) is 0 Å². The van der Waals surface area contributed by atoms with Crippen molar-refractivity contribution in [1.29, 1.82) is 0 Å². The molecular formula is C18H21ClN2O3S. The maximum absolute atomic E-state index is 12.2. The molecule has 134 valence electrons. The highest BCUT2D eigenvalue weighted by Gasteiger charge is 2.15. The molecule has 2 rings (SSSR count). The van der Waals surface area contributed by atoms with E-state index in [1.807, 2.05) is 32.0 Å². The van der Waals surface area contributed by atoms with Crippen LogP contribution in [0.1, 0.15) is 16.7 Å². The number of amides is 1. The van der Waals surface area contributed by atoms with E-state index in [1.54, 1.807) is 18.2 Å². The van der Waals surface area contributed by atoms with Gasteiger partial charge in [-0.1, -0.05) is 29.8 Å². The second-order valence-corrected chi connectivity index (χ2v) is 8.00. The van der Waals surface area contributed by atoms with Crippen LogP contribution in [-0.2, 0) is 21.2 Å². The summed E-state index contributed by atoms with van der Waals surface area (Å²) in [5.74, 6) is -0.380. The van der Waals surface area contributed by atoms with Crippen LogP contribution in [0.5, 0.6) is 0 Å². The fourth-order valence-corrected chi connectivity index (χ4v) is 3.51. The molecule has 7 heteroatoms. The Morgan fingerprint density at radius 3 is 2.52 bits per heavy atom. The molecule has 2 aromatic rings. The monoisotopic (exact) mass is 380 g/mol. The van der Waals surface area contributed by atoms with Crippen molar-refractivity contribution in [2.75, 3.05) is 13.1 Å². The molecule has 1 amide bonds. The molecule has 0 atom stereocenters. The number of nitrogens with one attached hydrogen (secondary N) is 2. The third kappa shape index (κ3) is 5.85. The average Bonchev–Trinajstić information content (AvgIpc) is 2.55. The van der Waals surface area contributed by atoms with Gasteiger partial charge in [0.1, 0.15) is 0 Å². The average molecular weight is 381 g/mol. The number of rotatable bonds is 7. The summed E-state index contributed by atoms with van der Waals surface area (Å²) in [7, 11) is -3.71. The summed E-state index contributed by atoms with van der Waals surface area (Å²) in [6.07, 6.45) is 0.621. The Morgan fingerprint density at radius 2 is 1.84 bits per heavy atom. The van der Waals surface area contributed by atoms with Crippen molar-refractivity contribution in [1.82, 2.24) is 10.0 Å². The van der Waals surface area contributed by atoms with Crippen LogP contribution in [0.3, 0.4) is 0 Å². The number of aryl methyl sites for hydroxylation is 2. The first-order chi connectivity index (χ1) is 11.8. The number of hydrogen-bond donors (Lipinski definition) is 2. The molecule has 0 fully saturated rings. The van der Waals surface area contributed by atoms with Crippen LogP contribution < -0.4 is 10.0 Å². The van der Waals surface area contributed by atoms with Gasteiger partial charge in [0.05, 0.1) is 11.4 Å². The number of sulfonamides is 1. The summed E-state index contributed by atoms with van der Waals surface area (Å²) in [6, 6.07) is 12.2. The van der Waals surface area contributed by atoms with Gasteiger partial charge >= 0.3 is 0 Å². The number of halogens is 1. The van der Waals surface area contributed by atoms with E-state index < -0.39 is 10.0 Å². The predicted molar refractivity (Wildman–Crippen MR) is 99.3 cm³/mol. The van der Waals surface area contributed by atoms with Crippen LogP contribution in [0, 0.1) is 13.8 Å². The van der Waals surface area contributed by atoms with Crippen molar-refractivity contribution in [3.63, 3.8) is 0 Å². The van der Waals surface area contributed by atoms with Crippen molar-refractivity contribution in [2.45, 2.75) is 25.2 Å². The molecule has 2 aromatic carbocycles. The Kier molecular flexibility index (Phi) is 6.58. The molecule has 0 aliphatic heterocycles. The minimum absolute atomic E-state index is 0.155. The van der Waals surface area contributed by atoms with Gasteiger partial charge in [0.15, 0.2) is 0 Å². The second kappa shape index (κ2) is 8.47. The zero-order valence-corrected chi connectivity index (χ0v) is 15.7. The first kappa shape index (κ1) is 19.4. The minimum atomic E-state index is -3.71. The van der Waals surface area contributed by atoms with Crippen molar-refractivity contribution in [3.8, 4) is 0 Å². The Bertz CT molecular complexity index is 866. The highest BCUT2D eigenvalue weighted by Crippen LogP contribution is 2.14. The lowest BCUT2D eigenvalue weighted by atomic mass is 10.1. The third-order valence-electron chi connectivity index (χ3n) is 3.84. The predicted octanol–water partition coefficient (Wildman–Crippen LogP) is 2.59. The fourth-order valence-electron chi connectivity index (χ4n) is 2.23. The Morgan fingerprint density at radius 1 is 1.08 bits per heavy atom. The number of carbonyl (C=O) groups is 1. The first-order valence-corrected chi connectivity index (χ1v) is 9.72. The summed E-state index contributed by atoms with van der Waals surface area (Å²) in [5.41, 5.74) is 2.90. The normalized spacial score (nSPS) is 11.3. The third-order valence-corrected chi connectivity index (χ3v) is 5.47. The summed E-state index contributed by atoms with van der Waals surface area (Å²) in [4.78, 5) is 12.0. The fraction of sp³-hybridized carbons (Fsp3) is 0.278. The van der Waals surface area contributed by atoms with Gasteiger partial charge < -0.3 is 5.32 Å². The second-order valence-electron chi connectivity index (χ2n) is 5.80. The van der Waals surface area contributed by atoms with E-state index in [-0.39, 0.29) is 17.3 Å². The topological polar surface area (TPSA) is 75.3 Å². The minimum Gasteiger partial charge on any atom is -0.355 e. The summed E-state index contributed by atoms with van der Waals surface area (Å²) in [6.45, 7) is 3.86. The maximum atomic E-state index is 12.2. The van der Waals surface area contributed by atoms with Crippen LogP contribution in [0.2, 0.25) is 5.02 Å². The van der Waals surface area contributed by atoms with Gasteiger partial charge in [0.25, 0.3) is 0 Å². The summed E-state index contributed by atoms with van der Waals surface area (Å²) in [5, 5.41) is 3.33. The molecule has 0 aliphatic carbocycles. The number of carbonyl (C=O) groups excluding carboxylic acids is 1. The van der Waals surface area contributed by atoms with Crippen LogP contribution in [-0.4, -0.2) is 27.4 Å². The zero-order valence-electron chi connectivity index (χ0n) is 14.2. The van der Waals surface area contributed by atoms with Gasteiger partial charge in [-0.2, -0.15) is 0 Å². The van der Waals surface area contributed by atoms with E-state index in [0.29, 0.717) is 18.0 Å². The quantitative estimate of drug-likeness (QED) is 0.775. The molecule has 5 nitrogen and oxygen atoms in total.